The summed E-state index contributed by atoms with van der Waals surface area (Å²) >= 11 is 0. The van der Waals surface area contributed by atoms with E-state index in [4.69, 9.17) is 9.84 Å². The predicted octanol–water partition coefficient (Wildman–Crippen LogP) is -0.332. The molecule has 138 valence electrons. The SMILES string of the molecule is CCOCc1nc2nc(O)cnc2c(=O)[nH]1.O=c1[nH]cnc2nccnc12. The molecule has 12 heteroatoms. The van der Waals surface area contributed by atoms with Gasteiger partial charge in [0.2, 0.25) is 5.88 Å². The van der Waals surface area contributed by atoms with Gasteiger partial charge in [-0.1, -0.05) is 0 Å². The molecule has 0 aromatic carbocycles. The molecule has 0 saturated heterocycles. The van der Waals surface area contributed by atoms with Gasteiger partial charge in [0, 0.05) is 19.0 Å². The van der Waals surface area contributed by atoms with Crippen molar-refractivity contribution in [1.29, 1.82) is 0 Å². The lowest BCUT2D eigenvalue weighted by Crippen LogP contribution is -2.14. The summed E-state index contributed by atoms with van der Waals surface area (Å²) in [6, 6.07) is 0. The third kappa shape index (κ3) is 4.24. The maximum atomic E-state index is 11.5. The second-order valence-electron chi connectivity index (χ2n) is 5.01. The Hall–Kier alpha value is -3.80. The van der Waals surface area contributed by atoms with Crippen molar-refractivity contribution in [3.63, 3.8) is 0 Å². The topological polar surface area (TPSA) is 173 Å². The summed E-state index contributed by atoms with van der Waals surface area (Å²) < 4.78 is 5.11. The van der Waals surface area contributed by atoms with E-state index in [0.29, 0.717) is 18.1 Å². The van der Waals surface area contributed by atoms with Crippen molar-refractivity contribution in [2.24, 2.45) is 0 Å². The van der Waals surface area contributed by atoms with Crippen molar-refractivity contribution in [2.75, 3.05) is 6.61 Å². The minimum absolute atomic E-state index is 0.0954. The molecular weight excluding hydrogens is 356 g/mol. The highest BCUT2D eigenvalue weighted by atomic mass is 16.5. The molecule has 4 aromatic heterocycles. The lowest BCUT2D eigenvalue weighted by atomic mass is 10.5. The molecule has 0 radical (unpaired) electrons. The molecule has 0 aliphatic carbocycles. The summed E-state index contributed by atoms with van der Waals surface area (Å²) in [5, 5.41) is 9.13. The van der Waals surface area contributed by atoms with Crippen molar-refractivity contribution in [2.45, 2.75) is 13.5 Å². The fraction of sp³-hybridized carbons (Fsp3) is 0.200. The molecule has 0 unspecified atom stereocenters. The molecule has 4 heterocycles. The minimum Gasteiger partial charge on any atom is -0.492 e. The Balaban J connectivity index is 0.000000166. The summed E-state index contributed by atoms with van der Waals surface area (Å²) in [6.07, 6.45) is 5.36. The van der Waals surface area contributed by atoms with Gasteiger partial charge in [-0.05, 0) is 6.92 Å². The van der Waals surface area contributed by atoms with Crippen LogP contribution in [0.5, 0.6) is 5.88 Å². The second-order valence-corrected chi connectivity index (χ2v) is 5.01. The number of hydrogen-bond acceptors (Lipinski definition) is 10. The molecule has 0 spiro atoms. The summed E-state index contributed by atoms with van der Waals surface area (Å²) in [6.45, 7) is 2.55. The first kappa shape index (κ1) is 18.0. The van der Waals surface area contributed by atoms with Gasteiger partial charge in [-0.15, -0.1) is 0 Å². The molecule has 12 nitrogen and oxygen atoms in total. The highest BCUT2D eigenvalue weighted by Gasteiger charge is 2.07. The number of aromatic nitrogens is 8. The predicted molar refractivity (Wildman–Crippen MR) is 92.9 cm³/mol. The molecule has 4 aromatic rings. The Bertz CT molecular complexity index is 1180. The first-order chi connectivity index (χ1) is 13.1. The fourth-order valence-electron chi connectivity index (χ4n) is 2.03. The molecule has 4 rings (SSSR count). The number of nitrogens with zero attached hydrogens (tertiary/aromatic N) is 6. The Morgan fingerprint density at radius 2 is 1.78 bits per heavy atom. The molecule has 27 heavy (non-hydrogen) atoms. The van der Waals surface area contributed by atoms with E-state index in [9.17, 15) is 9.59 Å². The number of ether oxygens (including phenoxy) is 1. The summed E-state index contributed by atoms with van der Waals surface area (Å²) in [4.78, 5) is 50.4. The third-order valence-corrected chi connectivity index (χ3v) is 3.17. The average molecular weight is 370 g/mol. The smallest absolute Gasteiger partial charge is 0.279 e. The van der Waals surface area contributed by atoms with Crippen molar-refractivity contribution >= 4 is 22.3 Å². The van der Waals surface area contributed by atoms with Gasteiger partial charge in [-0.3, -0.25) is 9.59 Å². The molecule has 0 bridgehead atoms. The lowest BCUT2D eigenvalue weighted by Gasteiger charge is -2.01. The van der Waals surface area contributed by atoms with Crippen LogP contribution < -0.4 is 11.1 Å². The van der Waals surface area contributed by atoms with Gasteiger partial charge >= 0.3 is 0 Å². The molecule has 0 amide bonds. The molecule has 0 aliphatic rings. The highest BCUT2D eigenvalue weighted by Crippen LogP contribution is 2.06. The maximum Gasteiger partial charge on any atom is 0.279 e. The molecular formula is C15H14N8O4. The highest BCUT2D eigenvalue weighted by molar-refractivity contribution is 5.68. The van der Waals surface area contributed by atoms with E-state index >= 15 is 0 Å². The zero-order valence-electron chi connectivity index (χ0n) is 14.1. The number of hydrogen-bond donors (Lipinski definition) is 3. The van der Waals surface area contributed by atoms with Crippen LogP contribution in [0.15, 0.2) is 34.5 Å². The molecule has 0 fully saturated rings. The average Bonchev–Trinajstić information content (AvgIpc) is 2.67. The van der Waals surface area contributed by atoms with E-state index in [2.05, 4.69) is 39.9 Å². The van der Waals surface area contributed by atoms with E-state index in [1.165, 1.54) is 18.7 Å². The van der Waals surface area contributed by atoms with E-state index in [1.54, 1.807) is 0 Å². The van der Waals surface area contributed by atoms with Crippen LogP contribution >= 0.6 is 0 Å². The molecule has 0 atom stereocenters. The van der Waals surface area contributed by atoms with E-state index in [1.807, 2.05) is 6.92 Å². The Labute approximate surface area is 150 Å². The zero-order chi connectivity index (χ0) is 19.2. The largest absolute Gasteiger partial charge is 0.492 e. The molecule has 0 aliphatic heterocycles. The van der Waals surface area contributed by atoms with Gasteiger partial charge in [-0.2, -0.15) is 4.98 Å². The standard InChI is InChI=1S/C9H10N4O3.C6H4N4O/c1-2-16-4-5-11-8-7(9(15)12-5)10-3-6(14)13-8;11-6-4-5(9-3-10-6)8-2-1-7-4/h3H,2,4H2,1H3,(H2,11,12,13,14,15);1-3H,(H,8,9,10,11). The van der Waals surface area contributed by atoms with Gasteiger partial charge in [0.05, 0.1) is 12.5 Å². The van der Waals surface area contributed by atoms with E-state index in [0.717, 1.165) is 6.20 Å². The van der Waals surface area contributed by atoms with Gasteiger partial charge in [-0.25, -0.2) is 24.9 Å². The van der Waals surface area contributed by atoms with E-state index < -0.39 is 5.56 Å². The van der Waals surface area contributed by atoms with Crippen LogP contribution in [0.3, 0.4) is 0 Å². The number of aromatic hydroxyl groups is 1. The normalized spacial score (nSPS) is 10.6. The van der Waals surface area contributed by atoms with Crippen molar-refractivity contribution in [3.05, 3.63) is 51.4 Å². The first-order valence-corrected chi connectivity index (χ1v) is 7.75. The number of fused-ring (bicyclic) bond motifs is 2. The van der Waals surface area contributed by atoms with Gasteiger partial charge < -0.3 is 19.8 Å². The number of nitrogens with one attached hydrogen (secondary N) is 2. The Kier molecular flexibility index (Phi) is 5.37. The maximum absolute atomic E-state index is 11.5. The van der Waals surface area contributed by atoms with Crippen LogP contribution in [-0.4, -0.2) is 51.6 Å². The third-order valence-electron chi connectivity index (χ3n) is 3.17. The lowest BCUT2D eigenvalue weighted by molar-refractivity contribution is 0.128. The van der Waals surface area contributed by atoms with Crippen molar-refractivity contribution in [3.8, 4) is 5.88 Å². The number of aromatic amines is 2. The minimum atomic E-state index is -0.396. The van der Waals surface area contributed by atoms with Gasteiger partial charge in [0.25, 0.3) is 11.1 Å². The Morgan fingerprint density at radius 1 is 1.00 bits per heavy atom. The van der Waals surface area contributed by atoms with Crippen LogP contribution in [0.25, 0.3) is 22.3 Å². The quantitative estimate of drug-likeness (QED) is 0.433. The number of H-pyrrole nitrogens is 2. The molecule has 0 saturated carbocycles. The van der Waals surface area contributed by atoms with Gasteiger partial charge in [0.15, 0.2) is 22.3 Å². The summed E-state index contributed by atoms with van der Waals surface area (Å²) in [7, 11) is 0. The van der Waals surface area contributed by atoms with Crippen molar-refractivity contribution < 1.29 is 9.84 Å². The fourth-order valence-corrected chi connectivity index (χ4v) is 2.03. The first-order valence-electron chi connectivity index (χ1n) is 7.75. The van der Waals surface area contributed by atoms with Crippen LogP contribution in [0.2, 0.25) is 0 Å². The monoisotopic (exact) mass is 370 g/mol. The number of rotatable bonds is 3. The summed E-state index contributed by atoms with van der Waals surface area (Å²) in [5.41, 5.74) is 0.193. The summed E-state index contributed by atoms with van der Waals surface area (Å²) in [5.74, 6) is 0.0900. The van der Waals surface area contributed by atoms with E-state index in [-0.39, 0.29) is 34.7 Å². The zero-order valence-corrected chi connectivity index (χ0v) is 14.1. The van der Waals surface area contributed by atoms with Crippen LogP contribution in [0, 0.1) is 0 Å². The second kappa shape index (κ2) is 8.05. The van der Waals surface area contributed by atoms with Crippen LogP contribution in [-0.2, 0) is 11.3 Å². The molecule has 3 N–H and O–H groups in total. The van der Waals surface area contributed by atoms with Crippen LogP contribution in [0.4, 0.5) is 0 Å². The van der Waals surface area contributed by atoms with Crippen molar-refractivity contribution in [1.82, 2.24) is 39.9 Å². The Morgan fingerprint density at radius 3 is 2.56 bits per heavy atom. The van der Waals surface area contributed by atoms with Gasteiger partial charge in [0.1, 0.15) is 12.4 Å². The van der Waals surface area contributed by atoms with Crippen LogP contribution in [0.1, 0.15) is 12.7 Å².